The van der Waals surface area contributed by atoms with Crippen molar-refractivity contribution >= 4 is 12.1 Å². The number of rotatable bonds is 7. The lowest BCUT2D eigenvalue weighted by Gasteiger charge is -2.24. The number of carbonyl (C=O) groups excluding carboxylic acids is 2. The normalized spacial score (nSPS) is 12.9. The minimum absolute atomic E-state index is 0.0545. The highest BCUT2D eigenvalue weighted by Gasteiger charge is 2.27. The van der Waals surface area contributed by atoms with E-state index < -0.39 is 23.7 Å². The highest BCUT2D eigenvalue weighted by Crippen LogP contribution is 2.10. The number of alkyl carbamates (subject to hydrolysis) is 1. The maximum atomic E-state index is 12.0. The van der Waals surface area contributed by atoms with Crippen molar-refractivity contribution in [1.29, 1.82) is 0 Å². The van der Waals surface area contributed by atoms with Gasteiger partial charge in [0.25, 0.3) is 0 Å². The van der Waals surface area contributed by atoms with Crippen LogP contribution in [0.25, 0.3) is 0 Å². The average Bonchev–Trinajstić information content (AvgIpc) is 2.28. The summed E-state index contributed by atoms with van der Waals surface area (Å²) in [6.07, 6.45) is 2.35. The molecule has 0 fully saturated rings. The van der Waals surface area contributed by atoms with Gasteiger partial charge in [0, 0.05) is 0 Å². The smallest absolute Gasteiger partial charge is 0.408 e. The van der Waals surface area contributed by atoms with Gasteiger partial charge in [0.1, 0.15) is 11.6 Å². The second-order valence-electron chi connectivity index (χ2n) is 6.24. The topological polar surface area (TPSA) is 64.6 Å². The van der Waals surface area contributed by atoms with E-state index in [4.69, 9.17) is 9.47 Å². The van der Waals surface area contributed by atoms with Crippen molar-refractivity contribution in [3.63, 3.8) is 0 Å². The molecule has 0 bridgehead atoms. The van der Waals surface area contributed by atoms with Gasteiger partial charge in [-0.3, -0.25) is 0 Å². The number of hydrogen-bond acceptors (Lipinski definition) is 4. The van der Waals surface area contributed by atoms with Gasteiger partial charge in [0.2, 0.25) is 0 Å². The van der Waals surface area contributed by atoms with Crippen LogP contribution in [0.15, 0.2) is 0 Å². The highest BCUT2D eigenvalue weighted by atomic mass is 16.6. The monoisotopic (exact) mass is 287 g/mol. The van der Waals surface area contributed by atoms with Gasteiger partial charge in [-0.05, 0) is 33.1 Å². The molecule has 0 unspecified atom stereocenters. The Hall–Kier alpha value is -1.26. The van der Waals surface area contributed by atoms with Crippen LogP contribution in [0.3, 0.4) is 0 Å². The molecule has 0 saturated carbocycles. The third kappa shape index (κ3) is 8.77. The molecule has 0 heterocycles. The summed E-state index contributed by atoms with van der Waals surface area (Å²) in [5.74, 6) is -0.455. The lowest BCUT2D eigenvalue weighted by atomic mass is 10.1. The molecule has 5 heteroatoms. The van der Waals surface area contributed by atoms with Crippen LogP contribution in [-0.2, 0) is 14.3 Å². The van der Waals surface area contributed by atoms with Crippen LogP contribution in [0, 0.1) is 5.92 Å². The molecule has 0 spiro atoms. The van der Waals surface area contributed by atoms with E-state index in [0.717, 1.165) is 19.3 Å². The molecule has 0 rings (SSSR count). The summed E-state index contributed by atoms with van der Waals surface area (Å²) >= 11 is 0. The Morgan fingerprint density at radius 3 is 2.20 bits per heavy atom. The zero-order valence-electron chi connectivity index (χ0n) is 13.6. The van der Waals surface area contributed by atoms with Crippen LogP contribution < -0.4 is 5.32 Å². The molecule has 20 heavy (non-hydrogen) atoms. The summed E-state index contributed by atoms with van der Waals surface area (Å²) in [5.41, 5.74) is -0.587. The molecule has 1 atom stereocenters. The van der Waals surface area contributed by atoms with E-state index in [2.05, 4.69) is 12.2 Å². The fourth-order valence-corrected chi connectivity index (χ4v) is 1.55. The molecule has 118 valence electrons. The molecule has 0 aromatic rings. The van der Waals surface area contributed by atoms with Crippen molar-refractivity contribution in [3.8, 4) is 0 Å². The van der Waals surface area contributed by atoms with Gasteiger partial charge in [-0.2, -0.15) is 0 Å². The van der Waals surface area contributed by atoms with Crippen molar-refractivity contribution in [2.24, 2.45) is 5.92 Å². The second-order valence-corrected chi connectivity index (χ2v) is 6.24. The lowest BCUT2D eigenvalue weighted by molar-refractivity contribution is -0.147. The average molecular weight is 287 g/mol. The highest BCUT2D eigenvalue weighted by molar-refractivity contribution is 5.81. The van der Waals surface area contributed by atoms with Crippen LogP contribution in [0.5, 0.6) is 0 Å². The molecule has 0 aromatic heterocycles. The van der Waals surface area contributed by atoms with Gasteiger partial charge in [0.15, 0.2) is 0 Å². The van der Waals surface area contributed by atoms with Crippen LogP contribution in [0.1, 0.15) is 60.8 Å². The zero-order chi connectivity index (χ0) is 15.8. The van der Waals surface area contributed by atoms with Gasteiger partial charge in [-0.15, -0.1) is 0 Å². The first-order chi connectivity index (χ1) is 9.17. The molecule has 0 aliphatic carbocycles. The Labute approximate surface area is 122 Å². The van der Waals surface area contributed by atoms with Gasteiger partial charge < -0.3 is 14.8 Å². The maximum absolute atomic E-state index is 12.0. The number of unbranched alkanes of at least 4 members (excludes halogenated alkanes) is 2. The number of ether oxygens (including phenoxy) is 2. The number of nitrogens with one attached hydrogen (secondary N) is 1. The largest absolute Gasteiger partial charge is 0.464 e. The quantitative estimate of drug-likeness (QED) is 0.576. The lowest BCUT2D eigenvalue weighted by Crippen LogP contribution is -2.47. The van der Waals surface area contributed by atoms with E-state index in [9.17, 15) is 9.59 Å². The first-order valence-corrected chi connectivity index (χ1v) is 7.33. The van der Waals surface area contributed by atoms with Crippen LogP contribution >= 0.6 is 0 Å². The van der Waals surface area contributed by atoms with Crippen molar-refractivity contribution in [3.05, 3.63) is 0 Å². The third-order valence-corrected chi connectivity index (χ3v) is 2.59. The summed E-state index contributed by atoms with van der Waals surface area (Å²) in [5, 5.41) is 2.58. The van der Waals surface area contributed by atoms with E-state index in [1.165, 1.54) is 0 Å². The Morgan fingerprint density at radius 2 is 1.75 bits per heavy atom. The molecular weight excluding hydrogens is 258 g/mol. The fraction of sp³-hybridized carbons (Fsp3) is 0.867. The molecule has 1 N–H and O–H groups in total. The van der Waals surface area contributed by atoms with Crippen LogP contribution in [0.4, 0.5) is 4.79 Å². The van der Waals surface area contributed by atoms with Crippen molar-refractivity contribution < 1.29 is 19.1 Å². The second kappa shape index (κ2) is 8.82. The third-order valence-electron chi connectivity index (χ3n) is 2.59. The number of hydrogen-bond donors (Lipinski definition) is 1. The minimum Gasteiger partial charge on any atom is -0.464 e. The SMILES string of the molecule is CCCCCOC(=O)[C@@H](NC(=O)OC(C)(C)C)C(C)C. The molecule has 0 aromatic carbocycles. The molecule has 0 saturated heterocycles. The predicted molar refractivity (Wildman–Crippen MR) is 78.5 cm³/mol. The summed E-state index contributed by atoms with van der Waals surface area (Å²) in [7, 11) is 0. The fourth-order valence-electron chi connectivity index (χ4n) is 1.55. The van der Waals surface area contributed by atoms with Gasteiger partial charge in [0.05, 0.1) is 6.61 Å². The van der Waals surface area contributed by atoms with Gasteiger partial charge in [-0.1, -0.05) is 33.6 Å². The summed E-state index contributed by atoms with van der Waals surface area (Å²) in [4.78, 5) is 23.7. The van der Waals surface area contributed by atoms with Crippen molar-refractivity contribution in [2.45, 2.75) is 72.4 Å². The Morgan fingerprint density at radius 1 is 1.15 bits per heavy atom. The van der Waals surface area contributed by atoms with Gasteiger partial charge in [-0.25, -0.2) is 9.59 Å². The molecule has 1 amide bonds. The molecule has 0 radical (unpaired) electrons. The van der Waals surface area contributed by atoms with E-state index in [1.807, 2.05) is 13.8 Å². The van der Waals surface area contributed by atoms with Gasteiger partial charge >= 0.3 is 12.1 Å². The zero-order valence-corrected chi connectivity index (χ0v) is 13.6. The first-order valence-electron chi connectivity index (χ1n) is 7.33. The molecule has 0 aliphatic heterocycles. The van der Waals surface area contributed by atoms with E-state index >= 15 is 0 Å². The Balaban J connectivity index is 4.35. The summed E-state index contributed by atoms with van der Waals surface area (Å²) in [6, 6.07) is -0.675. The molecule has 5 nitrogen and oxygen atoms in total. The standard InChI is InChI=1S/C15H29NO4/c1-7-8-9-10-19-13(17)12(11(2)3)16-14(18)20-15(4,5)6/h11-12H,7-10H2,1-6H3,(H,16,18)/t12-/m0/s1. The maximum Gasteiger partial charge on any atom is 0.408 e. The number of esters is 1. The number of carbonyl (C=O) groups is 2. The Kier molecular flexibility index (Phi) is 8.26. The van der Waals surface area contributed by atoms with E-state index in [-0.39, 0.29) is 5.92 Å². The predicted octanol–water partition coefficient (Wildman–Crippen LogP) is 3.27. The van der Waals surface area contributed by atoms with Crippen molar-refractivity contribution in [1.82, 2.24) is 5.32 Å². The first kappa shape index (κ1) is 18.7. The summed E-state index contributed by atoms with van der Waals surface area (Å²) < 4.78 is 10.3. The van der Waals surface area contributed by atoms with Crippen LogP contribution in [-0.4, -0.2) is 30.3 Å². The summed E-state index contributed by atoms with van der Waals surface area (Å²) in [6.45, 7) is 11.5. The molecule has 0 aliphatic rings. The van der Waals surface area contributed by atoms with Crippen LogP contribution in [0.2, 0.25) is 0 Å². The number of amides is 1. The minimum atomic E-state index is -0.675. The Bertz CT molecular complexity index is 307. The molecular formula is C15H29NO4. The van der Waals surface area contributed by atoms with Crippen molar-refractivity contribution in [2.75, 3.05) is 6.61 Å². The van der Waals surface area contributed by atoms with E-state index in [1.54, 1.807) is 20.8 Å². The van der Waals surface area contributed by atoms with E-state index in [0.29, 0.717) is 6.61 Å².